The van der Waals surface area contributed by atoms with Crippen LogP contribution >= 0.6 is 0 Å². The van der Waals surface area contributed by atoms with Gasteiger partial charge in [0, 0.05) is 11.1 Å². The highest BCUT2D eigenvalue weighted by atomic mass is 19.1. The van der Waals surface area contributed by atoms with E-state index in [1.165, 1.54) is 0 Å². The normalized spacial score (nSPS) is 10.5. The van der Waals surface area contributed by atoms with E-state index in [2.05, 4.69) is 0 Å². The average Bonchev–Trinajstić information content (AvgIpc) is 2.87. The van der Waals surface area contributed by atoms with Gasteiger partial charge in [-0.2, -0.15) is 0 Å². The third kappa shape index (κ3) is 2.31. The highest BCUT2D eigenvalue weighted by Crippen LogP contribution is 2.35. The second-order valence-corrected chi connectivity index (χ2v) is 4.49. The average molecular weight is 282 g/mol. The molecule has 1 aromatic heterocycles. The number of benzene rings is 2. The van der Waals surface area contributed by atoms with Crippen LogP contribution in [-0.2, 0) is 0 Å². The first-order valence-corrected chi connectivity index (χ1v) is 6.35. The van der Waals surface area contributed by atoms with Gasteiger partial charge >= 0.3 is 5.97 Å². The molecule has 1 heterocycles. The number of halogens is 1. The van der Waals surface area contributed by atoms with Gasteiger partial charge in [-0.05, 0) is 0 Å². The molecule has 104 valence electrons. The quantitative estimate of drug-likeness (QED) is 0.772. The zero-order valence-electron chi connectivity index (χ0n) is 10.9. The molecule has 3 rings (SSSR count). The van der Waals surface area contributed by atoms with Gasteiger partial charge in [0.25, 0.3) is 0 Å². The van der Waals surface area contributed by atoms with Crippen molar-refractivity contribution >= 4 is 5.97 Å². The molecule has 0 fully saturated rings. The summed E-state index contributed by atoms with van der Waals surface area (Å²) in [7, 11) is 0. The van der Waals surface area contributed by atoms with Crippen LogP contribution in [0.5, 0.6) is 0 Å². The van der Waals surface area contributed by atoms with E-state index in [1.807, 2.05) is 0 Å². The Kier molecular flexibility index (Phi) is 3.28. The van der Waals surface area contributed by atoms with Crippen LogP contribution in [0.1, 0.15) is 10.4 Å². The minimum Gasteiger partial charge on any atom is -0.477 e. The van der Waals surface area contributed by atoms with E-state index in [-0.39, 0.29) is 11.5 Å². The largest absolute Gasteiger partial charge is 0.477 e. The van der Waals surface area contributed by atoms with E-state index >= 15 is 0 Å². The number of carboxylic acid groups (broad SMARTS) is 1. The molecule has 3 aromatic rings. The number of hydrogen-bond donors (Lipinski definition) is 1. The Balaban J connectivity index is 2.24. The van der Waals surface area contributed by atoms with Crippen molar-refractivity contribution < 1.29 is 18.7 Å². The second kappa shape index (κ2) is 5.25. The molecule has 0 aliphatic carbocycles. The van der Waals surface area contributed by atoms with Crippen LogP contribution in [0.4, 0.5) is 4.39 Å². The minimum absolute atomic E-state index is 0.0273. The molecule has 4 heteroatoms. The maximum atomic E-state index is 14.4. The fraction of sp³-hybridized carbons (Fsp3) is 0. The molecule has 0 atom stereocenters. The molecule has 3 nitrogen and oxygen atoms in total. The van der Waals surface area contributed by atoms with Crippen molar-refractivity contribution in [3.8, 4) is 22.6 Å². The third-order valence-corrected chi connectivity index (χ3v) is 3.14. The highest BCUT2D eigenvalue weighted by Gasteiger charge is 2.27. The van der Waals surface area contributed by atoms with E-state index in [4.69, 9.17) is 4.42 Å². The summed E-state index contributed by atoms with van der Waals surface area (Å²) < 4.78 is 20.0. The van der Waals surface area contributed by atoms with Crippen LogP contribution in [0.25, 0.3) is 22.6 Å². The Bertz CT molecular complexity index is 777. The summed E-state index contributed by atoms with van der Waals surface area (Å²) in [6.45, 7) is 0. The molecule has 1 N–H and O–H groups in total. The van der Waals surface area contributed by atoms with Crippen molar-refractivity contribution in [2.75, 3.05) is 0 Å². The summed E-state index contributed by atoms with van der Waals surface area (Å²) in [6, 6.07) is 17.2. The summed E-state index contributed by atoms with van der Waals surface area (Å²) in [6.07, 6.45) is 0. The first-order valence-electron chi connectivity index (χ1n) is 6.35. The van der Waals surface area contributed by atoms with Gasteiger partial charge in [-0.1, -0.05) is 60.7 Å². The summed E-state index contributed by atoms with van der Waals surface area (Å²) in [5, 5.41) is 9.27. The van der Waals surface area contributed by atoms with Crippen LogP contribution in [0.3, 0.4) is 0 Å². The van der Waals surface area contributed by atoms with Gasteiger partial charge in [0.1, 0.15) is 5.56 Å². The van der Waals surface area contributed by atoms with Crippen LogP contribution < -0.4 is 0 Å². The number of furan rings is 1. The molecule has 0 spiro atoms. The Hall–Kier alpha value is -2.88. The number of aromatic carboxylic acids is 1. The Morgan fingerprint density at radius 3 is 1.81 bits per heavy atom. The van der Waals surface area contributed by atoms with Gasteiger partial charge < -0.3 is 9.52 Å². The van der Waals surface area contributed by atoms with Crippen molar-refractivity contribution in [2.24, 2.45) is 0 Å². The van der Waals surface area contributed by atoms with Gasteiger partial charge in [-0.3, -0.25) is 0 Å². The monoisotopic (exact) mass is 282 g/mol. The van der Waals surface area contributed by atoms with E-state index in [0.29, 0.717) is 11.1 Å². The molecule has 0 radical (unpaired) electrons. The zero-order valence-corrected chi connectivity index (χ0v) is 10.9. The summed E-state index contributed by atoms with van der Waals surface area (Å²) in [5.41, 5.74) is 0.579. The highest BCUT2D eigenvalue weighted by molar-refractivity contribution is 5.96. The molecule has 0 amide bonds. The lowest BCUT2D eigenvalue weighted by molar-refractivity contribution is 0.0693. The number of rotatable bonds is 3. The SMILES string of the molecule is O=C(O)c1c(-c2ccccc2)oc(-c2ccccc2)c1F. The maximum absolute atomic E-state index is 14.4. The maximum Gasteiger partial charge on any atom is 0.342 e. The first kappa shape index (κ1) is 13.1. The van der Waals surface area contributed by atoms with Crippen molar-refractivity contribution in [1.29, 1.82) is 0 Å². The lowest BCUT2D eigenvalue weighted by Gasteiger charge is -1.98. The molecule has 0 aliphatic rings. The van der Waals surface area contributed by atoms with Gasteiger partial charge in [0.2, 0.25) is 0 Å². The number of carbonyl (C=O) groups is 1. The minimum atomic E-state index is -1.35. The molecular formula is C17H11FO3. The Labute approximate surface area is 120 Å². The van der Waals surface area contributed by atoms with Crippen molar-refractivity contribution in [2.45, 2.75) is 0 Å². The molecule has 0 saturated carbocycles. The van der Waals surface area contributed by atoms with Crippen LogP contribution in [0.2, 0.25) is 0 Å². The van der Waals surface area contributed by atoms with Gasteiger partial charge in [-0.15, -0.1) is 0 Å². The molecule has 0 unspecified atom stereocenters. The van der Waals surface area contributed by atoms with E-state index in [1.54, 1.807) is 60.7 Å². The molecule has 0 aliphatic heterocycles. The van der Waals surface area contributed by atoms with E-state index < -0.39 is 17.3 Å². The first-order chi connectivity index (χ1) is 10.2. The fourth-order valence-corrected chi connectivity index (χ4v) is 2.17. The lowest BCUT2D eigenvalue weighted by Crippen LogP contribution is -1.99. The van der Waals surface area contributed by atoms with Crippen LogP contribution in [0, 0.1) is 5.82 Å². The molecule has 21 heavy (non-hydrogen) atoms. The Morgan fingerprint density at radius 2 is 1.33 bits per heavy atom. The van der Waals surface area contributed by atoms with E-state index in [9.17, 15) is 14.3 Å². The van der Waals surface area contributed by atoms with Crippen LogP contribution in [0.15, 0.2) is 65.1 Å². The molecular weight excluding hydrogens is 271 g/mol. The molecule has 0 bridgehead atoms. The standard InChI is InChI=1S/C17H11FO3/c18-14-13(17(19)20)15(11-7-3-1-4-8-11)21-16(14)12-9-5-2-6-10-12/h1-10H,(H,19,20). The predicted octanol–water partition coefficient (Wildman–Crippen LogP) is 4.45. The van der Waals surface area contributed by atoms with Crippen LogP contribution in [-0.4, -0.2) is 11.1 Å². The summed E-state index contributed by atoms with van der Waals surface area (Å²) >= 11 is 0. The van der Waals surface area contributed by atoms with Crippen molar-refractivity contribution in [3.05, 3.63) is 72.0 Å². The smallest absolute Gasteiger partial charge is 0.342 e. The van der Waals surface area contributed by atoms with Crippen molar-refractivity contribution in [1.82, 2.24) is 0 Å². The topological polar surface area (TPSA) is 50.4 Å². The number of hydrogen-bond acceptors (Lipinski definition) is 2. The van der Waals surface area contributed by atoms with E-state index in [0.717, 1.165) is 0 Å². The Morgan fingerprint density at radius 1 is 0.857 bits per heavy atom. The summed E-state index contributed by atoms with van der Waals surface area (Å²) in [5.74, 6) is -2.24. The fourth-order valence-electron chi connectivity index (χ4n) is 2.17. The predicted molar refractivity (Wildman–Crippen MR) is 76.5 cm³/mol. The lowest BCUT2D eigenvalue weighted by atomic mass is 10.1. The van der Waals surface area contributed by atoms with Gasteiger partial charge in [0.05, 0.1) is 0 Å². The number of carboxylic acids is 1. The van der Waals surface area contributed by atoms with Gasteiger partial charge in [0.15, 0.2) is 17.3 Å². The van der Waals surface area contributed by atoms with Gasteiger partial charge in [-0.25, -0.2) is 9.18 Å². The zero-order chi connectivity index (χ0) is 14.8. The second-order valence-electron chi connectivity index (χ2n) is 4.49. The molecule has 2 aromatic carbocycles. The summed E-state index contributed by atoms with van der Waals surface area (Å²) in [4.78, 5) is 11.4. The third-order valence-electron chi connectivity index (χ3n) is 3.14. The van der Waals surface area contributed by atoms with Crippen molar-refractivity contribution in [3.63, 3.8) is 0 Å². The molecule has 0 saturated heterocycles.